The van der Waals surface area contributed by atoms with Crippen molar-refractivity contribution < 1.29 is 4.58 Å². The topological polar surface area (TPSA) is 6.25 Å². The monoisotopic (exact) mass is 539 g/mol. The molecule has 0 bridgehead atoms. The molecular formula is C39H43N2+. The van der Waals surface area contributed by atoms with Gasteiger partial charge in [0.15, 0.2) is 5.71 Å². The highest BCUT2D eigenvalue weighted by atomic mass is 15.2. The molecule has 2 nitrogen and oxygen atoms in total. The van der Waals surface area contributed by atoms with E-state index in [-0.39, 0.29) is 16.2 Å². The quantitative estimate of drug-likeness (QED) is 0.235. The van der Waals surface area contributed by atoms with Gasteiger partial charge in [-0.3, -0.25) is 0 Å². The zero-order chi connectivity index (χ0) is 28.6. The molecule has 1 unspecified atom stereocenters. The van der Waals surface area contributed by atoms with Crippen LogP contribution in [0.3, 0.4) is 0 Å². The summed E-state index contributed by atoms with van der Waals surface area (Å²) >= 11 is 0. The van der Waals surface area contributed by atoms with Crippen LogP contribution in [0.1, 0.15) is 75.3 Å². The van der Waals surface area contributed by atoms with E-state index >= 15 is 0 Å². The number of fused-ring (bicyclic) bond motifs is 3. The second-order valence-corrected chi connectivity index (χ2v) is 14.2. The summed E-state index contributed by atoms with van der Waals surface area (Å²) < 4.78 is 2.44. The van der Waals surface area contributed by atoms with Crippen molar-refractivity contribution in [3.05, 3.63) is 113 Å². The highest BCUT2D eigenvalue weighted by Gasteiger charge is 2.48. The standard InChI is InChI=1S/C39H43N2/c1-37(2)20-22-41-23-21-38(3,4)32-25-28(24-31(37)36(32)41)16-19-34-39(5,26-27-12-8-7-9-13-27)35-30-15-11-10-14-29(30)17-18-33(35)40(34)6/h7-19,24-25H,20-23,26H2,1-6H3/q+1. The Balaban J connectivity index is 1.38. The van der Waals surface area contributed by atoms with Crippen LogP contribution in [0.2, 0.25) is 0 Å². The van der Waals surface area contributed by atoms with Crippen molar-refractivity contribution in [3.8, 4) is 0 Å². The molecule has 0 saturated heterocycles. The summed E-state index contributed by atoms with van der Waals surface area (Å²) in [5.41, 5.74) is 11.6. The molecule has 0 fully saturated rings. The maximum absolute atomic E-state index is 2.66. The molecule has 41 heavy (non-hydrogen) atoms. The SMILES string of the molecule is C[N+]1=C(/C=C/c2cc3c4c(c2)C(C)(C)CCN4CCC3(C)C)C(C)(Cc2ccccc2)c2c1ccc1ccccc21. The Morgan fingerprint density at radius 1 is 0.756 bits per heavy atom. The van der Waals surface area contributed by atoms with Gasteiger partial charge in [-0.1, -0.05) is 82.3 Å². The Bertz CT molecular complexity index is 1700. The van der Waals surface area contributed by atoms with E-state index in [1.807, 2.05) is 0 Å². The first-order valence-corrected chi connectivity index (χ1v) is 15.4. The van der Waals surface area contributed by atoms with Crippen LogP contribution in [0.4, 0.5) is 11.4 Å². The first kappa shape index (κ1) is 26.3. The first-order chi connectivity index (χ1) is 19.6. The number of rotatable bonds is 4. The summed E-state index contributed by atoms with van der Waals surface area (Å²) in [7, 11) is 2.25. The van der Waals surface area contributed by atoms with E-state index < -0.39 is 0 Å². The first-order valence-electron chi connectivity index (χ1n) is 15.4. The maximum atomic E-state index is 2.66. The van der Waals surface area contributed by atoms with E-state index in [1.54, 1.807) is 0 Å². The lowest BCUT2D eigenvalue weighted by Gasteiger charge is -2.48. The summed E-state index contributed by atoms with van der Waals surface area (Å²) in [5, 5.41) is 2.67. The van der Waals surface area contributed by atoms with Crippen LogP contribution in [-0.4, -0.2) is 30.4 Å². The second kappa shape index (κ2) is 9.18. The Hall–Kier alpha value is -3.65. The lowest BCUT2D eigenvalue weighted by molar-refractivity contribution is -0.401. The highest BCUT2D eigenvalue weighted by molar-refractivity contribution is 6.09. The lowest BCUT2D eigenvalue weighted by Crippen LogP contribution is -2.44. The molecule has 3 aliphatic heterocycles. The summed E-state index contributed by atoms with van der Waals surface area (Å²) in [6.07, 6.45) is 8.22. The summed E-state index contributed by atoms with van der Waals surface area (Å²) in [4.78, 5) is 2.66. The molecule has 2 heteroatoms. The van der Waals surface area contributed by atoms with Crippen LogP contribution in [0.15, 0.2) is 84.9 Å². The van der Waals surface area contributed by atoms with E-state index in [0.717, 1.165) is 6.42 Å². The van der Waals surface area contributed by atoms with Gasteiger partial charge in [0, 0.05) is 36.5 Å². The Morgan fingerprint density at radius 3 is 2.07 bits per heavy atom. The van der Waals surface area contributed by atoms with Gasteiger partial charge in [0.1, 0.15) is 7.05 Å². The van der Waals surface area contributed by atoms with Crippen molar-refractivity contribution in [2.75, 3.05) is 25.0 Å². The molecule has 7 rings (SSSR count). The minimum atomic E-state index is -0.152. The van der Waals surface area contributed by atoms with Gasteiger partial charge in [-0.05, 0) is 94.3 Å². The molecule has 208 valence electrons. The van der Waals surface area contributed by atoms with E-state index in [2.05, 4.69) is 142 Å². The normalized spacial score (nSPS) is 22.3. The molecule has 0 aliphatic carbocycles. The van der Waals surface area contributed by atoms with Crippen LogP contribution >= 0.6 is 0 Å². The molecule has 0 spiro atoms. The van der Waals surface area contributed by atoms with Crippen molar-refractivity contribution >= 4 is 33.9 Å². The number of hydrogen-bond donors (Lipinski definition) is 0. The predicted octanol–water partition coefficient (Wildman–Crippen LogP) is 8.95. The third-order valence-electron chi connectivity index (χ3n) is 10.5. The van der Waals surface area contributed by atoms with Gasteiger partial charge in [0.25, 0.3) is 0 Å². The lowest BCUT2D eigenvalue weighted by atomic mass is 9.69. The van der Waals surface area contributed by atoms with Gasteiger partial charge in [-0.25, -0.2) is 0 Å². The number of anilines is 1. The van der Waals surface area contributed by atoms with Crippen LogP contribution < -0.4 is 4.90 Å². The van der Waals surface area contributed by atoms with Gasteiger partial charge >= 0.3 is 0 Å². The van der Waals surface area contributed by atoms with Crippen molar-refractivity contribution in [1.82, 2.24) is 0 Å². The molecule has 3 aliphatic rings. The second-order valence-electron chi connectivity index (χ2n) is 14.2. The Labute approximate surface area is 246 Å². The van der Waals surface area contributed by atoms with Gasteiger partial charge < -0.3 is 4.90 Å². The summed E-state index contributed by atoms with van der Waals surface area (Å²) in [6.45, 7) is 14.5. The molecule has 4 aromatic rings. The average Bonchev–Trinajstić information content (AvgIpc) is 3.17. The van der Waals surface area contributed by atoms with Crippen molar-refractivity contribution in [2.24, 2.45) is 0 Å². The molecule has 0 radical (unpaired) electrons. The maximum Gasteiger partial charge on any atom is 0.210 e. The fourth-order valence-electron chi connectivity index (χ4n) is 7.96. The Morgan fingerprint density at radius 2 is 1.39 bits per heavy atom. The van der Waals surface area contributed by atoms with Crippen molar-refractivity contribution in [2.45, 2.75) is 70.1 Å². The average molecular weight is 540 g/mol. The van der Waals surface area contributed by atoms with E-state index in [1.165, 1.54) is 81.6 Å². The molecular weight excluding hydrogens is 496 g/mol. The Kier molecular flexibility index (Phi) is 5.88. The summed E-state index contributed by atoms with van der Waals surface area (Å²) in [6, 6.07) is 29.5. The molecule has 0 N–H and O–H groups in total. The van der Waals surface area contributed by atoms with Crippen LogP contribution in [0, 0.1) is 0 Å². The summed E-state index contributed by atoms with van der Waals surface area (Å²) in [5.74, 6) is 0. The van der Waals surface area contributed by atoms with E-state index in [4.69, 9.17) is 0 Å². The molecule has 3 heterocycles. The third-order valence-corrected chi connectivity index (χ3v) is 10.5. The van der Waals surface area contributed by atoms with Gasteiger partial charge in [0.2, 0.25) is 5.69 Å². The molecule has 4 aromatic carbocycles. The van der Waals surface area contributed by atoms with Gasteiger partial charge in [-0.2, -0.15) is 4.58 Å². The van der Waals surface area contributed by atoms with Crippen LogP contribution in [0.25, 0.3) is 16.8 Å². The van der Waals surface area contributed by atoms with Crippen molar-refractivity contribution in [3.63, 3.8) is 0 Å². The molecule has 1 atom stereocenters. The van der Waals surface area contributed by atoms with E-state index in [9.17, 15) is 0 Å². The zero-order valence-corrected chi connectivity index (χ0v) is 25.6. The van der Waals surface area contributed by atoms with Crippen LogP contribution in [0.5, 0.6) is 0 Å². The third kappa shape index (κ3) is 4.09. The fraction of sp³-hybridized carbons (Fsp3) is 0.359. The minimum absolute atomic E-state index is 0.152. The highest BCUT2D eigenvalue weighted by Crippen LogP contribution is 2.50. The number of benzene rings is 4. The number of nitrogens with zero attached hydrogens (tertiary/aromatic N) is 2. The van der Waals surface area contributed by atoms with Gasteiger partial charge in [0.05, 0.1) is 5.41 Å². The predicted molar refractivity (Wildman–Crippen MR) is 175 cm³/mol. The zero-order valence-electron chi connectivity index (χ0n) is 25.6. The molecule has 0 amide bonds. The number of hydrogen-bond acceptors (Lipinski definition) is 1. The molecule has 0 saturated carbocycles. The molecule has 0 aromatic heterocycles. The van der Waals surface area contributed by atoms with Crippen LogP contribution in [-0.2, 0) is 22.7 Å². The minimum Gasteiger partial charge on any atom is -0.371 e. The fourth-order valence-corrected chi connectivity index (χ4v) is 7.96. The van der Waals surface area contributed by atoms with Gasteiger partial charge in [-0.15, -0.1) is 0 Å². The smallest absolute Gasteiger partial charge is 0.210 e. The van der Waals surface area contributed by atoms with Crippen molar-refractivity contribution in [1.29, 1.82) is 0 Å². The van der Waals surface area contributed by atoms with E-state index in [0.29, 0.717) is 0 Å². The largest absolute Gasteiger partial charge is 0.371 e. The number of allylic oxidation sites excluding steroid dienone is 1.